The summed E-state index contributed by atoms with van der Waals surface area (Å²) < 4.78 is 22.7. The van der Waals surface area contributed by atoms with Crippen LogP contribution >= 0.6 is 24.0 Å². The maximum absolute atomic E-state index is 6.18. The van der Waals surface area contributed by atoms with Gasteiger partial charge in [0, 0.05) is 19.4 Å². The highest BCUT2D eigenvalue weighted by Gasteiger charge is 2.43. The molecule has 0 radical (unpaired) electrons. The molecule has 1 aliphatic carbocycles. The Bertz CT molecular complexity index is 663. The molecule has 8 heteroatoms. The van der Waals surface area contributed by atoms with E-state index in [1.807, 2.05) is 18.2 Å². The second-order valence-electron chi connectivity index (χ2n) is 7.42. The molecule has 1 heterocycles. The van der Waals surface area contributed by atoms with Gasteiger partial charge >= 0.3 is 0 Å². The third kappa shape index (κ3) is 5.87. The molecule has 7 nitrogen and oxygen atoms in total. The number of methoxy groups -OCH3 is 2. The Kier molecular flexibility index (Phi) is 8.63. The summed E-state index contributed by atoms with van der Waals surface area (Å²) in [6, 6.07) is 5.71. The van der Waals surface area contributed by atoms with Crippen molar-refractivity contribution in [3.8, 4) is 11.5 Å². The van der Waals surface area contributed by atoms with Crippen molar-refractivity contribution in [2.24, 2.45) is 16.6 Å². The molecule has 158 valence electrons. The van der Waals surface area contributed by atoms with Gasteiger partial charge in [-0.05, 0) is 36.5 Å². The van der Waals surface area contributed by atoms with Crippen LogP contribution in [0.15, 0.2) is 23.2 Å². The largest absolute Gasteiger partial charge is 0.493 e. The lowest BCUT2D eigenvalue weighted by Crippen LogP contribution is -2.40. The predicted octanol–water partition coefficient (Wildman–Crippen LogP) is 3.05. The van der Waals surface area contributed by atoms with E-state index in [-0.39, 0.29) is 35.9 Å². The highest BCUT2D eigenvalue weighted by atomic mass is 127. The van der Waals surface area contributed by atoms with Gasteiger partial charge in [0.1, 0.15) is 6.10 Å². The lowest BCUT2D eigenvalue weighted by molar-refractivity contribution is -0.191. The van der Waals surface area contributed by atoms with E-state index >= 15 is 0 Å². The van der Waals surface area contributed by atoms with Gasteiger partial charge in [-0.3, -0.25) is 0 Å². The molecule has 2 aliphatic rings. The van der Waals surface area contributed by atoms with Crippen LogP contribution in [0.3, 0.4) is 0 Å². The molecule has 1 spiro atoms. The molecule has 1 aromatic rings. The maximum Gasteiger partial charge on any atom is 0.189 e. The van der Waals surface area contributed by atoms with Crippen molar-refractivity contribution in [3.63, 3.8) is 0 Å². The van der Waals surface area contributed by atoms with Crippen LogP contribution in [0.5, 0.6) is 11.5 Å². The molecular weight excluding hydrogens is 473 g/mol. The van der Waals surface area contributed by atoms with Crippen LogP contribution in [-0.4, -0.2) is 45.2 Å². The summed E-state index contributed by atoms with van der Waals surface area (Å²) >= 11 is 0. The first-order chi connectivity index (χ1) is 13.0. The number of aliphatic imine (C=N–C) groups is 1. The van der Waals surface area contributed by atoms with E-state index < -0.39 is 0 Å². The molecule has 1 atom stereocenters. The molecule has 3 N–H and O–H groups in total. The van der Waals surface area contributed by atoms with Crippen molar-refractivity contribution in [1.82, 2.24) is 5.32 Å². The summed E-state index contributed by atoms with van der Waals surface area (Å²) in [6.45, 7) is 3.95. The Morgan fingerprint density at radius 1 is 1.25 bits per heavy atom. The minimum absolute atomic E-state index is 0. The van der Waals surface area contributed by atoms with Gasteiger partial charge < -0.3 is 30.0 Å². The zero-order chi connectivity index (χ0) is 19.3. The zero-order valence-electron chi connectivity index (χ0n) is 16.9. The lowest BCUT2D eigenvalue weighted by atomic mass is 9.86. The molecule has 1 aliphatic heterocycles. The Balaban J connectivity index is 0.00000280. The van der Waals surface area contributed by atoms with E-state index in [2.05, 4.69) is 17.2 Å². The molecule has 1 aromatic carbocycles. The minimum atomic E-state index is -0.371. The standard InChI is InChI=1S/C20H31N3O4.HI/c1-14-6-8-20(9-7-14)26-13-16(27-20)12-23-19(21)22-11-15-4-5-17(24-2)18(10-15)25-3;/h4-5,10,14,16H,6-9,11-13H2,1-3H3,(H3,21,22,23);1H. The van der Waals surface area contributed by atoms with Crippen LogP contribution in [-0.2, 0) is 16.0 Å². The molecule has 28 heavy (non-hydrogen) atoms. The van der Waals surface area contributed by atoms with Gasteiger partial charge in [0.25, 0.3) is 0 Å². The van der Waals surface area contributed by atoms with E-state index in [9.17, 15) is 0 Å². The molecule has 0 amide bonds. The molecule has 0 aromatic heterocycles. The Hall–Kier alpha value is -1.26. The molecule has 2 fully saturated rings. The van der Waals surface area contributed by atoms with E-state index in [1.54, 1.807) is 14.2 Å². The van der Waals surface area contributed by atoms with Crippen LogP contribution in [0, 0.1) is 5.92 Å². The molecule has 1 unspecified atom stereocenters. The van der Waals surface area contributed by atoms with Gasteiger partial charge in [-0.25, -0.2) is 4.99 Å². The number of hydrogen-bond acceptors (Lipinski definition) is 5. The average Bonchev–Trinajstić information content (AvgIpc) is 3.09. The Morgan fingerprint density at radius 3 is 2.64 bits per heavy atom. The highest BCUT2D eigenvalue weighted by molar-refractivity contribution is 14.0. The predicted molar refractivity (Wildman–Crippen MR) is 119 cm³/mol. The zero-order valence-corrected chi connectivity index (χ0v) is 19.2. The van der Waals surface area contributed by atoms with E-state index in [1.165, 1.54) is 0 Å². The van der Waals surface area contributed by atoms with Gasteiger partial charge in [0.05, 0.1) is 27.4 Å². The fourth-order valence-electron chi connectivity index (χ4n) is 3.61. The number of rotatable bonds is 6. The third-order valence-electron chi connectivity index (χ3n) is 5.34. The van der Waals surface area contributed by atoms with Crippen LogP contribution < -0.4 is 20.5 Å². The minimum Gasteiger partial charge on any atom is -0.493 e. The second-order valence-corrected chi connectivity index (χ2v) is 7.42. The summed E-state index contributed by atoms with van der Waals surface area (Å²) in [4.78, 5) is 4.39. The summed E-state index contributed by atoms with van der Waals surface area (Å²) in [5.74, 6) is 2.16. The second kappa shape index (κ2) is 10.5. The molecule has 1 saturated heterocycles. The summed E-state index contributed by atoms with van der Waals surface area (Å²) in [5.41, 5.74) is 6.99. The van der Waals surface area contributed by atoms with E-state index in [4.69, 9.17) is 24.7 Å². The van der Waals surface area contributed by atoms with Gasteiger partial charge in [0.15, 0.2) is 23.2 Å². The van der Waals surface area contributed by atoms with Crippen LogP contribution in [0.1, 0.15) is 38.2 Å². The van der Waals surface area contributed by atoms with Gasteiger partial charge in [-0.15, -0.1) is 24.0 Å². The SMILES string of the molecule is COc1ccc(CN=C(N)NCC2COC3(CCC(C)CC3)O2)cc1OC.I. The molecule has 1 saturated carbocycles. The number of benzene rings is 1. The fourth-order valence-corrected chi connectivity index (χ4v) is 3.61. The first-order valence-corrected chi connectivity index (χ1v) is 9.60. The van der Waals surface area contributed by atoms with Crippen molar-refractivity contribution >= 4 is 29.9 Å². The number of nitrogens with one attached hydrogen (secondary N) is 1. The third-order valence-corrected chi connectivity index (χ3v) is 5.34. The van der Waals surface area contributed by atoms with Crippen molar-refractivity contribution in [2.75, 3.05) is 27.4 Å². The van der Waals surface area contributed by atoms with E-state index in [0.29, 0.717) is 37.2 Å². The van der Waals surface area contributed by atoms with Crippen molar-refractivity contribution in [1.29, 1.82) is 0 Å². The monoisotopic (exact) mass is 505 g/mol. The van der Waals surface area contributed by atoms with Crippen molar-refractivity contribution in [3.05, 3.63) is 23.8 Å². The maximum atomic E-state index is 6.18. The smallest absolute Gasteiger partial charge is 0.189 e. The average molecular weight is 505 g/mol. The van der Waals surface area contributed by atoms with Crippen LogP contribution in [0.2, 0.25) is 0 Å². The number of guanidine groups is 1. The topological polar surface area (TPSA) is 87.3 Å². The number of hydrogen-bond donors (Lipinski definition) is 2. The first kappa shape index (κ1) is 23.0. The lowest BCUT2D eigenvalue weighted by Gasteiger charge is -2.34. The fraction of sp³-hybridized carbons (Fsp3) is 0.650. The van der Waals surface area contributed by atoms with Gasteiger partial charge in [-0.1, -0.05) is 13.0 Å². The quantitative estimate of drug-likeness (QED) is 0.351. The Morgan fingerprint density at radius 2 is 1.96 bits per heavy atom. The number of ether oxygens (including phenoxy) is 4. The summed E-state index contributed by atoms with van der Waals surface area (Å²) in [5, 5.41) is 3.14. The van der Waals surface area contributed by atoms with Crippen LogP contribution in [0.4, 0.5) is 0 Å². The summed E-state index contributed by atoms with van der Waals surface area (Å²) in [6.07, 6.45) is 4.29. The van der Waals surface area contributed by atoms with Crippen LogP contribution in [0.25, 0.3) is 0 Å². The molecule has 0 bridgehead atoms. The van der Waals surface area contributed by atoms with Crippen molar-refractivity contribution < 1.29 is 18.9 Å². The number of halogens is 1. The van der Waals surface area contributed by atoms with Crippen molar-refractivity contribution in [2.45, 2.75) is 51.0 Å². The highest BCUT2D eigenvalue weighted by Crippen LogP contribution is 2.39. The van der Waals surface area contributed by atoms with Gasteiger partial charge in [-0.2, -0.15) is 0 Å². The van der Waals surface area contributed by atoms with E-state index in [0.717, 1.165) is 37.2 Å². The normalized spacial score (nSPS) is 27.3. The molecular formula is C20H32IN3O4. The number of nitrogens with two attached hydrogens (primary N) is 1. The molecule has 3 rings (SSSR count). The van der Waals surface area contributed by atoms with Gasteiger partial charge in [0.2, 0.25) is 0 Å². The first-order valence-electron chi connectivity index (χ1n) is 9.60. The number of nitrogens with zero attached hydrogens (tertiary/aromatic N) is 1. The Labute approximate surface area is 184 Å². The summed E-state index contributed by atoms with van der Waals surface area (Å²) in [7, 11) is 3.23.